The van der Waals surface area contributed by atoms with Crippen LogP contribution in [0, 0.1) is 0 Å². The highest BCUT2D eigenvalue weighted by atomic mass is 32.1. The maximum Gasteiger partial charge on any atom is 0.250 e. The topological polar surface area (TPSA) is 60.5 Å². The lowest BCUT2D eigenvalue weighted by Gasteiger charge is -2.18. The smallest absolute Gasteiger partial charge is 0.250 e. The van der Waals surface area contributed by atoms with E-state index in [-0.39, 0.29) is 5.91 Å². The molecule has 0 saturated carbocycles. The van der Waals surface area contributed by atoms with E-state index in [9.17, 15) is 4.79 Å². The van der Waals surface area contributed by atoms with Crippen molar-refractivity contribution in [3.63, 3.8) is 0 Å². The van der Waals surface area contributed by atoms with Gasteiger partial charge in [0.25, 0.3) is 0 Å². The zero-order chi connectivity index (χ0) is 17.8. The third-order valence-electron chi connectivity index (χ3n) is 3.80. The third-order valence-corrected chi connectivity index (χ3v) is 4.55. The molecule has 0 unspecified atom stereocenters. The molecule has 3 aromatic rings. The molecule has 6 heteroatoms. The first kappa shape index (κ1) is 16.4. The lowest BCUT2D eigenvalue weighted by molar-refractivity contribution is -0.111. The monoisotopic (exact) mass is 364 g/mol. The molecule has 1 aliphatic heterocycles. The van der Waals surface area contributed by atoms with Crippen molar-refractivity contribution < 1.29 is 14.3 Å². The highest BCUT2D eigenvalue weighted by Crippen LogP contribution is 2.31. The predicted octanol–water partition coefficient (Wildman–Crippen LogP) is 4.23. The van der Waals surface area contributed by atoms with Gasteiger partial charge in [0, 0.05) is 17.0 Å². The van der Waals surface area contributed by atoms with Crippen molar-refractivity contribution in [3.05, 3.63) is 65.6 Å². The predicted molar refractivity (Wildman–Crippen MR) is 103 cm³/mol. The lowest BCUT2D eigenvalue weighted by atomic mass is 10.2. The average molecular weight is 364 g/mol. The fourth-order valence-electron chi connectivity index (χ4n) is 2.56. The van der Waals surface area contributed by atoms with Gasteiger partial charge in [-0.3, -0.25) is 10.1 Å². The Hall–Kier alpha value is -3.12. The minimum Gasteiger partial charge on any atom is -0.486 e. The van der Waals surface area contributed by atoms with Crippen LogP contribution in [0.4, 0.5) is 5.13 Å². The number of benzene rings is 2. The summed E-state index contributed by atoms with van der Waals surface area (Å²) in [7, 11) is 0. The van der Waals surface area contributed by atoms with Crippen molar-refractivity contribution in [3.8, 4) is 22.8 Å². The largest absolute Gasteiger partial charge is 0.486 e. The van der Waals surface area contributed by atoms with Gasteiger partial charge in [0.15, 0.2) is 16.6 Å². The highest BCUT2D eigenvalue weighted by molar-refractivity contribution is 7.14. The molecule has 1 aromatic heterocycles. The zero-order valence-corrected chi connectivity index (χ0v) is 14.7. The molecule has 1 amide bonds. The number of aromatic nitrogens is 1. The SMILES string of the molecule is O=C(C=Cc1ccc2c(c1)OCCO2)Nc1nc(-c2ccccc2)cs1. The van der Waals surface area contributed by atoms with Gasteiger partial charge in [0.05, 0.1) is 5.69 Å². The number of hydrogen-bond donors (Lipinski definition) is 1. The Morgan fingerprint density at radius 2 is 1.88 bits per heavy atom. The van der Waals surface area contributed by atoms with E-state index in [0.29, 0.717) is 24.1 Å². The Kier molecular flexibility index (Phi) is 4.66. The first-order chi connectivity index (χ1) is 12.8. The molecule has 5 nitrogen and oxygen atoms in total. The maximum absolute atomic E-state index is 12.1. The van der Waals surface area contributed by atoms with E-state index in [1.807, 2.05) is 53.9 Å². The Labute approximate surface area is 154 Å². The molecule has 0 spiro atoms. The van der Waals surface area contributed by atoms with Crippen LogP contribution in [-0.4, -0.2) is 24.1 Å². The molecule has 4 rings (SSSR count). The van der Waals surface area contributed by atoms with E-state index < -0.39 is 0 Å². The number of thiazole rings is 1. The van der Waals surface area contributed by atoms with Crippen molar-refractivity contribution >= 4 is 28.5 Å². The molecule has 1 N–H and O–H groups in total. The van der Waals surface area contributed by atoms with Gasteiger partial charge < -0.3 is 9.47 Å². The summed E-state index contributed by atoms with van der Waals surface area (Å²) in [4.78, 5) is 16.6. The minimum atomic E-state index is -0.228. The van der Waals surface area contributed by atoms with Crippen LogP contribution in [0.5, 0.6) is 11.5 Å². The summed E-state index contributed by atoms with van der Waals surface area (Å²) in [5, 5.41) is 5.29. The van der Waals surface area contributed by atoms with Gasteiger partial charge in [-0.15, -0.1) is 11.3 Å². The number of nitrogens with one attached hydrogen (secondary N) is 1. The Morgan fingerprint density at radius 3 is 2.73 bits per heavy atom. The molecule has 0 bridgehead atoms. The molecule has 2 aromatic carbocycles. The minimum absolute atomic E-state index is 0.228. The molecule has 0 saturated heterocycles. The van der Waals surface area contributed by atoms with Crippen molar-refractivity contribution in [2.45, 2.75) is 0 Å². The van der Waals surface area contributed by atoms with Crippen LogP contribution in [0.1, 0.15) is 5.56 Å². The fourth-order valence-corrected chi connectivity index (χ4v) is 3.28. The van der Waals surface area contributed by atoms with Gasteiger partial charge in [0.1, 0.15) is 13.2 Å². The van der Waals surface area contributed by atoms with Crippen LogP contribution >= 0.6 is 11.3 Å². The van der Waals surface area contributed by atoms with Gasteiger partial charge in [0.2, 0.25) is 5.91 Å². The number of anilines is 1. The van der Waals surface area contributed by atoms with E-state index in [1.165, 1.54) is 17.4 Å². The number of carbonyl (C=O) groups excluding carboxylic acids is 1. The van der Waals surface area contributed by atoms with Crippen molar-refractivity contribution in [2.75, 3.05) is 18.5 Å². The zero-order valence-electron chi connectivity index (χ0n) is 13.8. The second-order valence-corrected chi connectivity index (χ2v) is 6.49. The molecule has 26 heavy (non-hydrogen) atoms. The normalized spacial score (nSPS) is 12.9. The third kappa shape index (κ3) is 3.75. The van der Waals surface area contributed by atoms with E-state index >= 15 is 0 Å². The molecule has 0 radical (unpaired) electrons. The number of nitrogens with zero attached hydrogens (tertiary/aromatic N) is 1. The average Bonchev–Trinajstić information content (AvgIpc) is 3.15. The molecular weight excluding hydrogens is 348 g/mol. The number of hydrogen-bond acceptors (Lipinski definition) is 5. The maximum atomic E-state index is 12.1. The van der Waals surface area contributed by atoms with Crippen LogP contribution in [0.2, 0.25) is 0 Å². The summed E-state index contributed by atoms with van der Waals surface area (Å²) >= 11 is 1.40. The number of amides is 1. The van der Waals surface area contributed by atoms with Gasteiger partial charge in [-0.2, -0.15) is 0 Å². The highest BCUT2D eigenvalue weighted by Gasteiger charge is 2.11. The molecule has 2 heterocycles. The quantitative estimate of drug-likeness (QED) is 0.704. The van der Waals surface area contributed by atoms with E-state index in [1.54, 1.807) is 6.08 Å². The second-order valence-electron chi connectivity index (χ2n) is 5.63. The Bertz CT molecular complexity index is 951. The Morgan fingerprint density at radius 1 is 1.08 bits per heavy atom. The number of rotatable bonds is 4. The van der Waals surface area contributed by atoms with E-state index in [4.69, 9.17) is 9.47 Å². The molecule has 0 aliphatic carbocycles. The van der Waals surface area contributed by atoms with Crippen LogP contribution < -0.4 is 14.8 Å². The van der Waals surface area contributed by atoms with Crippen molar-refractivity contribution in [1.82, 2.24) is 4.98 Å². The van der Waals surface area contributed by atoms with Gasteiger partial charge in [-0.25, -0.2) is 4.98 Å². The van der Waals surface area contributed by atoms with E-state index in [0.717, 1.165) is 22.6 Å². The van der Waals surface area contributed by atoms with Gasteiger partial charge >= 0.3 is 0 Å². The molecule has 0 atom stereocenters. The standard InChI is InChI=1S/C20H16N2O3S/c23-19(9-7-14-6-8-17-18(12-14)25-11-10-24-17)22-20-21-16(13-26-20)15-4-2-1-3-5-15/h1-9,12-13H,10-11H2,(H,21,22,23). The first-order valence-corrected chi connectivity index (χ1v) is 9.05. The van der Waals surface area contributed by atoms with Gasteiger partial charge in [-0.1, -0.05) is 36.4 Å². The number of carbonyl (C=O) groups is 1. The molecule has 0 fully saturated rings. The van der Waals surface area contributed by atoms with Crippen LogP contribution in [0.15, 0.2) is 60.0 Å². The first-order valence-electron chi connectivity index (χ1n) is 8.17. The van der Waals surface area contributed by atoms with Crippen LogP contribution in [0.25, 0.3) is 17.3 Å². The fraction of sp³-hybridized carbons (Fsp3) is 0.100. The van der Waals surface area contributed by atoms with Crippen LogP contribution in [-0.2, 0) is 4.79 Å². The van der Waals surface area contributed by atoms with Crippen LogP contribution in [0.3, 0.4) is 0 Å². The second kappa shape index (κ2) is 7.41. The summed E-state index contributed by atoms with van der Waals surface area (Å²) in [6, 6.07) is 15.4. The Balaban J connectivity index is 1.41. The number of ether oxygens (including phenoxy) is 2. The van der Waals surface area contributed by atoms with Gasteiger partial charge in [-0.05, 0) is 23.8 Å². The summed E-state index contributed by atoms with van der Waals surface area (Å²) < 4.78 is 11.0. The lowest BCUT2D eigenvalue weighted by Crippen LogP contribution is -2.15. The summed E-state index contributed by atoms with van der Waals surface area (Å²) in [5.41, 5.74) is 2.74. The molecule has 1 aliphatic rings. The van der Waals surface area contributed by atoms with E-state index in [2.05, 4.69) is 10.3 Å². The number of fused-ring (bicyclic) bond motifs is 1. The van der Waals surface area contributed by atoms with Crippen molar-refractivity contribution in [2.24, 2.45) is 0 Å². The summed E-state index contributed by atoms with van der Waals surface area (Å²) in [6.45, 7) is 1.10. The van der Waals surface area contributed by atoms with Crippen molar-refractivity contribution in [1.29, 1.82) is 0 Å². The molecule has 130 valence electrons. The summed E-state index contributed by atoms with van der Waals surface area (Å²) in [5.74, 6) is 1.20. The molecular formula is C20H16N2O3S. The summed E-state index contributed by atoms with van der Waals surface area (Å²) in [6.07, 6.45) is 3.22.